The van der Waals surface area contributed by atoms with Crippen molar-refractivity contribution in [1.82, 2.24) is 0 Å². The van der Waals surface area contributed by atoms with Crippen LogP contribution in [0.3, 0.4) is 0 Å². The molecule has 0 saturated carbocycles. The van der Waals surface area contributed by atoms with Gasteiger partial charge in [0.2, 0.25) is 0 Å². The number of hydrogen-bond donors (Lipinski definition) is 1. The first-order chi connectivity index (χ1) is 8.61. The van der Waals surface area contributed by atoms with E-state index in [1.165, 1.54) is 10.9 Å². The number of anilines is 2. The Morgan fingerprint density at radius 1 is 1.44 bits per heavy atom. The van der Waals surface area contributed by atoms with Crippen molar-refractivity contribution in [2.75, 3.05) is 17.2 Å². The van der Waals surface area contributed by atoms with Gasteiger partial charge in [0.05, 0.1) is 22.4 Å². The van der Waals surface area contributed by atoms with Crippen molar-refractivity contribution >= 4 is 38.6 Å². The third-order valence-corrected chi connectivity index (χ3v) is 4.19. The molecule has 0 fully saturated rings. The van der Waals surface area contributed by atoms with E-state index < -0.39 is 0 Å². The smallest absolute Gasteiger partial charge is 0.139 e. The highest BCUT2D eigenvalue weighted by atomic mass is 79.9. The fourth-order valence-electron chi connectivity index (χ4n) is 1.78. The van der Waals surface area contributed by atoms with E-state index in [0.29, 0.717) is 10.2 Å². The van der Waals surface area contributed by atoms with E-state index in [-0.39, 0.29) is 5.82 Å². The molecule has 1 heterocycles. The molecule has 0 unspecified atom stereocenters. The van der Waals surface area contributed by atoms with Crippen molar-refractivity contribution in [3.05, 3.63) is 44.8 Å². The van der Waals surface area contributed by atoms with Crippen LogP contribution in [0.5, 0.6) is 0 Å². The molecule has 0 aliphatic carbocycles. The summed E-state index contributed by atoms with van der Waals surface area (Å²) in [5.41, 5.74) is 7.22. The summed E-state index contributed by atoms with van der Waals surface area (Å²) in [6, 6.07) is 7.21. The van der Waals surface area contributed by atoms with Gasteiger partial charge in [-0.15, -0.1) is 11.3 Å². The summed E-state index contributed by atoms with van der Waals surface area (Å²) < 4.78 is 13.8. The molecular formula is C13H14BrFN2S. The second kappa shape index (κ2) is 5.71. The van der Waals surface area contributed by atoms with Crippen LogP contribution >= 0.6 is 27.3 Å². The van der Waals surface area contributed by atoms with Gasteiger partial charge in [0.25, 0.3) is 0 Å². The van der Waals surface area contributed by atoms with E-state index in [9.17, 15) is 4.39 Å². The predicted octanol–water partition coefficient (Wildman–Crippen LogP) is 4.26. The quantitative estimate of drug-likeness (QED) is 0.850. The molecule has 0 spiro atoms. The summed E-state index contributed by atoms with van der Waals surface area (Å²) in [5.74, 6) is -0.330. The molecule has 2 rings (SSSR count). The van der Waals surface area contributed by atoms with E-state index in [0.717, 1.165) is 18.8 Å². The predicted molar refractivity (Wildman–Crippen MR) is 79.6 cm³/mol. The Kier molecular flexibility index (Phi) is 4.24. The first-order valence-corrected chi connectivity index (χ1v) is 7.31. The lowest BCUT2D eigenvalue weighted by atomic mass is 10.2. The lowest BCUT2D eigenvalue weighted by molar-refractivity contribution is 0.621. The first-order valence-electron chi connectivity index (χ1n) is 5.63. The second-order valence-electron chi connectivity index (χ2n) is 3.92. The zero-order chi connectivity index (χ0) is 13.1. The van der Waals surface area contributed by atoms with E-state index in [1.807, 2.05) is 11.4 Å². The van der Waals surface area contributed by atoms with Gasteiger partial charge >= 0.3 is 0 Å². The van der Waals surface area contributed by atoms with Crippen molar-refractivity contribution in [3.8, 4) is 0 Å². The van der Waals surface area contributed by atoms with Crippen molar-refractivity contribution < 1.29 is 4.39 Å². The minimum Gasteiger partial charge on any atom is -0.397 e. The molecule has 0 saturated heterocycles. The molecule has 0 radical (unpaired) electrons. The van der Waals surface area contributed by atoms with Crippen LogP contribution in [0.25, 0.3) is 0 Å². The SMILES string of the molecule is CCN(Cc1cccs1)c1cc(Br)c(F)cc1N. The number of halogens is 2. The summed E-state index contributed by atoms with van der Waals surface area (Å²) in [5, 5.41) is 2.05. The Hall–Kier alpha value is -1.07. The Balaban J connectivity index is 2.30. The van der Waals surface area contributed by atoms with E-state index >= 15 is 0 Å². The van der Waals surface area contributed by atoms with Gasteiger partial charge in [0.1, 0.15) is 5.82 Å². The van der Waals surface area contributed by atoms with Gasteiger partial charge in [0.15, 0.2) is 0 Å². The highest BCUT2D eigenvalue weighted by Gasteiger charge is 2.12. The van der Waals surface area contributed by atoms with Crippen LogP contribution in [0.2, 0.25) is 0 Å². The van der Waals surface area contributed by atoms with Crippen molar-refractivity contribution in [1.29, 1.82) is 0 Å². The van der Waals surface area contributed by atoms with Crippen LogP contribution in [0.15, 0.2) is 34.1 Å². The fraction of sp³-hybridized carbons (Fsp3) is 0.231. The van der Waals surface area contributed by atoms with Gasteiger partial charge in [-0.1, -0.05) is 6.07 Å². The van der Waals surface area contributed by atoms with Crippen LogP contribution < -0.4 is 10.6 Å². The van der Waals surface area contributed by atoms with Crippen LogP contribution in [0.1, 0.15) is 11.8 Å². The van der Waals surface area contributed by atoms with Gasteiger partial charge < -0.3 is 10.6 Å². The Bertz CT molecular complexity index is 528. The lowest BCUT2D eigenvalue weighted by Crippen LogP contribution is -2.22. The van der Waals surface area contributed by atoms with Crippen molar-refractivity contribution in [3.63, 3.8) is 0 Å². The van der Waals surface area contributed by atoms with Crippen LogP contribution in [0, 0.1) is 5.82 Å². The summed E-state index contributed by atoms with van der Waals surface area (Å²) in [6.07, 6.45) is 0. The fourth-order valence-corrected chi connectivity index (χ4v) is 2.83. The number of thiophene rings is 1. The molecule has 1 aromatic heterocycles. The minimum absolute atomic E-state index is 0.330. The monoisotopic (exact) mass is 328 g/mol. The molecule has 0 atom stereocenters. The number of rotatable bonds is 4. The molecule has 0 aliphatic heterocycles. The highest BCUT2D eigenvalue weighted by Crippen LogP contribution is 2.31. The summed E-state index contributed by atoms with van der Waals surface area (Å²) in [4.78, 5) is 3.39. The van der Waals surface area contributed by atoms with Crippen LogP contribution in [-0.4, -0.2) is 6.54 Å². The number of benzene rings is 1. The molecule has 2 N–H and O–H groups in total. The number of nitrogens with two attached hydrogens (primary N) is 1. The van der Waals surface area contributed by atoms with Gasteiger partial charge in [-0.2, -0.15) is 0 Å². The molecule has 96 valence electrons. The molecule has 18 heavy (non-hydrogen) atoms. The van der Waals surface area contributed by atoms with E-state index in [4.69, 9.17) is 5.73 Å². The Morgan fingerprint density at radius 2 is 2.22 bits per heavy atom. The Morgan fingerprint density at radius 3 is 2.83 bits per heavy atom. The summed E-state index contributed by atoms with van der Waals surface area (Å²) in [6.45, 7) is 3.67. The normalized spacial score (nSPS) is 10.6. The largest absolute Gasteiger partial charge is 0.397 e. The van der Waals surface area contributed by atoms with E-state index in [1.54, 1.807) is 17.4 Å². The number of hydrogen-bond acceptors (Lipinski definition) is 3. The van der Waals surface area contributed by atoms with Gasteiger partial charge in [0, 0.05) is 17.5 Å². The zero-order valence-electron chi connectivity index (χ0n) is 9.99. The van der Waals surface area contributed by atoms with Crippen molar-refractivity contribution in [2.24, 2.45) is 0 Å². The molecule has 0 amide bonds. The molecule has 0 bridgehead atoms. The minimum atomic E-state index is -0.330. The molecular weight excluding hydrogens is 315 g/mol. The van der Waals surface area contributed by atoms with Gasteiger partial charge in [-0.25, -0.2) is 4.39 Å². The van der Waals surface area contributed by atoms with Crippen molar-refractivity contribution in [2.45, 2.75) is 13.5 Å². The topological polar surface area (TPSA) is 29.3 Å². The van der Waals surface area contributed by atoms with Crippen LogP contribution in [0.4, 0.5) is 15.8 Å². The molecule has 5 heteroatoms. The molecule has 2 nitrogen and oxygen atoms in total. The maximum absolute atomic E-state index is 13.4. The Labute approximate surface area is 118 Å². The second-order valence-corrected chi connectivity index (χ2v) is 5.81. The maximum Gasteiger partial charge on any atom is 0.139 e. The highest BCUT2D eigenvalue weighted by molar-refractivity contribution is 9.10. The van der Waals surface area contributed by atoms with Gasteiger partial charge in [-0.05, 0) is 40.4 Å². The number of nitrogens with zero attached hydrogens (tertiary/aromatic N) is 1. The zero-order valence-corrected chi connectivity index (χ0v) is 12.4. The lowest BCUT2D eigenvalue weighted by Gasteiger charge is -2.24. The van der Waals surface area contributed by atoms with Crippen LogP contribution in [-0.2, 0) is 6.54 Å². The molecule has 2 aromatic rings. The molecule has 1 aromatic carbocycles. The maximum atomic E-state index is 13.4. The van der Waals surface area contributed by atoms with E-state index in [2.05, 4.69) is 33.8 Å². The van der Waals surface area contributed by atoms with Gasteiger partial charge in [-0.3, -0.25) is 0 Å². The average Bonchev–Trinajstić information content (AvgIpc) is 2.84. The molecule has 0 aliphatic rings. The number of nitrogen functional groups attached to an aromatic ring is 1. The third-order valence-electron chi connectivity index (χ3n) is 2.72. The first kappa shape index (κ1) is 13.4. The standard InChI is InChI=1S/C13H14BrFN2S/c1-2-17(8-9-4-3-5-18-9)13-6-10(14)11(15)7-12(13)16/h3-7H,2,8,16H2,1H3. The average molecular weight is 329 g/mol. The summed E-state index contributed by atoms with van der Waals surface area (Å²) in [7, 11) is 0. The third kappa shape index (κ3) is 2.84. The summed E-state index contributed by atoms with van der Waals surface area (Å²) >= 11 is 4.91.